The summed E-state index contributed by atoms with van der Waals surface area (Å²) in [6, 6.07) is 6.50. The topological polar surface area (TPSA) is 15.3 Å². The largest absolute Gasteiger partial charge is 0.366 e. The fraction of sp³-hybridized carbons (Fsp3) is 0.273. The number of hydrogen-bond acceptors (Lipinski definition) is 2. The number of rotatable bonds is 0. The number of nitrogens with zero attached hydrogens (tertiary/aromatic N) is 1. The molecule has 0 unspecified atom stereocenters. The van der Waals surface area contributed by atoms with Gasteiger partial charge in [0.15, 0.2) is 0 Å². The molecule has 66 valence electrons. The lowest BCUT2D eigenvalue weighted by molar-refractivity contribution is 0.907. The minimum absolute atomic E-state index is 1.04. The zero-order valence-corrected chi connectivity index (χ0v) is 7.46. The van der Waals surface area contributed by atoms with Crippen molar-refractivity contribution in [3.63, 3.8) is 0 Å². The molecule has 1 aromatic rings. The number of hydrogen-bond donors (Lipinski definition) is 1. The van der Waals surface area contributed by atoms with Gasteiger partial charge in [-0.25, -0.2) is 0 Å². The van der Waals surface area contributed by atoms with E-state index in [9.17, 15) is 0 Å². The molecule has 2 nitrogen and oxygen atoms in total. The highest BCUT2D eigenvalue weighted by molar-refractivity contribution is 5.77. The van der Waals surface area contributed by atoms with E-state index in [1.54, 1.807) is 0 Å². The maximum Gasteiger partial charge on any atom is 0.0641 e. The molecule has 0 bridgehead atoms. The first-order chi connectivity index (χ1) is 6.45. The van der Waals surface area contributed by atoms with Crippen molar-refractivity contribution in [1.29, 1.82) is 0 Å². The molecule has 0 radical (unpaired) electrons. The third-order valence-corrected chi connectivity index (χ3v) is 2.77. The molecule has 3 rings (SSSR count). The van der Waals surface area contributed by atoms with Crippen LogP contribution in [0.2, 0.25) is 0 Å². The van der Waals surface area contributed by atoms with Crippen LogP contribution in [0.15, 0.2) is 30.5 Å². The lowest BCUT2D eigenvalue weighted by atomic mass is 10.1. The second kappa shape index (κ2) is 2.52. The van der Waals surface area contributed by atoms with E-state index in [0.29, 0.717) is 0 Å². The van der Waals surface area contributed by atoms with Crippen molar-refractivity contribution < 1.29 is 0 Å². The van der Waals surface area contributed by atoms with E-state index >= 15 is 0 Å². The molecule has 0 amide bonds. The van der Waals surface area contributed by atoms with Gasteiger partial charge in [0, 0.05) is 13.1 Å². The van der Waals surface area contributed by atoms with Gasteiger partial charge < -0.3 is 10.2 Å². The summed E-state index contributed by atoms with van der Waals surface area (Å²) in [6.07, 6.45) is 5.40. The Balaban J connectivity index is 2.21. The van der Waals surface area contributed by atoms with Crippen LogP contribution in [0.25, 0.3) is 0 Å². The van der Waals surface area contributed by atoms with Crippen LogP contribution in [0.1, 0.15) is 5.56 Å². The second-order valence-electron chi connectivity index (χ2n) is 3.56. The van der Waals surface area contributed by atoms with Gasteiger partial charge >= 0.3 is 0 Å². The molecule has 0 aliphatic carbocycles. The minimum atomic E-state index is 1.04. The molecule has 2 aliphatic rings. The molecule has 0 atom stereocenters. The quantitative estimate of drug-likeness (QED) is 0.643. The van der Waals surface area contributed by atoms with Gasteiger partial charge in [0.05, 0.1) is 11.4 Å². The molecule has 1 aromatic carbocycles. The van der Waals surface area contributed by atoms with Gasteiger partial charge in [0.25, 0.3) is 0 Å². The predicted molar refractivity (Wildman–Crippen MR) is 55.1 cm³/mol. The van der Waals surface area contributed by atoms with Crippen molar-refractivity contribution in [2.45, 2.75) is 6.42 Å². The lowest BCUT2D eigenvalue weighted by Crippen LogP contribution is -2.19. The van der Waals surface area contributed by atoms with Crippen molar-refractivity contribution in [2.24, 2.45) is 0 Å². The molecule has 2 heterocycles. The predicted octanol–water partition coefficient (Wildman–Crippen LogP) is 1.99. The Hall–Kier alpha value is -1.44. The van der Waals surface area contributed by atoms with Gasteiger partial charge in [-0.1, -0.05) is 12.1 Å². The zero-order chi connectivity index (χ0) is 8.67. The Labute approximate surface area is 77.9 Å². The Morgan fingerprint density at radius 2 is 2.31 bits per heavy atom. The monoisotopic (exact) mass is 172 g/mol. The molecule has 13 heavy (non-hydrogen) atoms. The summed E-state index contributed by atoms with van der Waals surface area (Å²) < 4.78 is 0. The van der Waals surface area contributed by atoms with Crippen molar-refractivity contribution in [3.05, 3.63) is 36.0 Å². The minimum Gasteiger partial charge on any atom is -0.366 e. The Kier molecular flexibility index (Phi) is 1.36. The van der Waals surface area contributed by atoms with Crippen LogP contribution in [-0.2, 0) is 6.42 Å². The highest BCUT2D eigenvalue weighted by atomic mass is 15.2. The van der Waals surface area contributed by atoms with Crippen LogP contribution in [0, 0.1) is 0 Å². The van der Waals surface area contributed by atoms with Crippen LogP contribution < -0.4 is 10.2 Å². The molecule has 2 aliphatic heterocycles. The van der Waals surface area contributed by atoms with Gasteiger partial charge in [-0.15, -0.1) is 0 Å². The van der Waals surface area contributed by atoms with E-state index in [-0.39, 0.29) is 0 Å². The molecule has 0 saturated carbocycles. The molecule has 0 fully saturated rings. The van der Waals surface area contributed by atoms with E-state index in [2.05, 4.69) is 34.5 Å². The fourth-order valence-electron chi connectivity index (χ4n) is 2.16. The third kappa shape index (κ3) is 0.949. The van der Waals surface area contributed by atoms with E-state index in [1.165, 1.54) is 29.9 Å². The Morgan fingerprint density at radius 3 is 3.31 bits per heavy atom. The number of nitrogens with one attached hydrogen (secondary N) is 1. The SMILES string of the molecule is C1=CNc2cccc3c2N(C1)CC3. The van der Waals surface area contributed by atoms with Crippen LogP contribution >= 0.6 is 0 Å². The van der Waals surface area contributed by atoms with Gasteiger partial charge in [0.1, 0.15) is 0 Å². The summed E-state index contributed by atoms with van der Waals surface area (Å²) in [5, 5.41) is 3.31. The molecular formula is C11H12N2. The number of benzene rings is 1. The summed E-state index contributed by atoms with van der Waals surface area (Å²) in [4.78, 5) is 2.43. The Bertz CT molecular complexity index is 368. The third-order valence-electron chi connectivity index (χ3n) is 2.77. The first-order valence-corrected chi connectivity index (χ1v) is 4.73. The van der Waals surface area contributed by atoms with E-state index in [1.807, 2.05) is 6.20 Å². The van der Waals surface area contributed by atoms with Gasteiger partial charge in [0.2, 0.25) is 0 Å². The summed E-state index contributed by atoms with van der Waals surface area (Å²) in [5.74, 6) is 0. The maximum absolute atomic E-state index is 3.31. The summed E-state index contributed by atoms with van der Waals surface area (Å²) in [5.41, 5.74) is 4.14. The molecule has 2 heteroatoms. The molecular weight excluding hydrogens is 160 g/mol. The first-order valence-electron chi connectivity index (χ1n) is 4.73. The zero-order valence-electron chi connectivity index (χ0n) is 7.46. The molecule has 0 spiro atoms. The average molecular weight is 172 g/mol. The van der Waals surface area contributed by atoms with Crippen molar-refractivity contribution in [3.8, 4) is 0 Å². The van der Waals surface area contributed by atoms with Gasteiger partial charge in [-0.3, -0.25) is 0 Å². The summed E-state index contributed by atoms with van der Waals surface area (Å²) >= 11 is 0. The molecule has 1 N–H and O–H groups in total. The van der Waals surface area contributed by atoms with Crippen molar-refractivity contribution in [2.75, 3.05) is 23.3 Å². The Morgan fingerprint density at radius 1 is 1.31 bits per heavy atom. The number of anilines is 2. The van der Waals surface area contributed by atoms with Crippen LogP contribution in [0.4, 0.5) is 11.4 Å². The maximum atomic E-state index is 3.31. The molecule has 0 aromatic heterocycles. The number of para-hydroxylation sites is 1. The van der Waals surface area contributed by atoms with E-state index in [4.69, 9.17) is 0 Å². The average Bonchev–Trinajstić information content (AvgIpc) is 2.44. The highest BCUT2D eigenvalue weighted by Crippen LogP contribution is 2.36. The summed E-state index contributed by atoms with van der Waals surface area (Å²) in [6.45, 7) is 2.20. The lowest BCUT2D eigenvalue weighted by Gasteiger charge is -2.17. The van der Waals surface area contributed by atoms with Gasteiger partial charge in [-0.2, -0.15) is 0 Å². The first kappa shape index (κ1) is 7.01. The van der Waals surface area contributed by atoms with Crippen molar-refractivity contribution >= 4 is 11.4 Å². The normalized spacial score (nSPS) is 18.0. The van der Waals surface area contributed by atoms with Gasteiger partial charge in [-0.05, 0) is 30.3 Å². The smallest absolute Gasteiger partial charge is 0.0641 e. The van der Waals surface area contributed by atoms with Crippen LogP contribution in [0.3, 0.4) is 0 Å². The van der Waals surface area contributed by atoms with Crippen LogP contribution in [0.5, 0.6) is 0 Å². The van der Waals surface area contributed by atoms with Crippen molar-refractivity contribution in [1.82, 2.24) is 0 Å². The summed E-state index contributed by atoms with van der Waals surface area (Å²) in [7, 11) is 0. The standard InChI is InChI=1S/C11H12N2/c1-3-9-5-8-13-7-2-6-12-10(4-1)11(9)13/h1-4,6,12H,5,7-8H2. The highest BCUT2D eigenvalue weighted by Gasteiger charge is 2.21. The fourth-order valence-corrected chi connectivity index (χ4v) is 2.16. The van der Waals surface area contributed by atoms with E-state index in [0.717, 1.165) is 6.54 Å². The van der Waals surface area contributed by atoms with Crippen LogP contribution in [-0.4, -0.2) is 13.1 Å². The molecule has 0 saturated heterocycles. The second-order valence-corrected chi connectivity index (χ2v) is 3.56. The van der Waals surface area contributed by atoms with E-state index < -0.39 is 0 Å².